The summed E-state index contributed by atoms with van der Waals surface area (Å²) in [6.07, 6.45) is 7.96. The predicted molar refractivity (Wildman–Crippen MR) is 180 cm³/mol. The Balaban J connectivity index is 1.21. The lowest BCUT2D eigenvalue weighted by Crippen LogP contribution is -2.56. The number of benzene rings is 2. The zero-order chi connectivity index (χ0) is 31.6. The van der Waals surface area contributed by atoms with Crippen LogP contribution in [-0.4, -0.2) is 112 Å². The molecule has 0 N–H and O–H groups in total. The number of piperazine rings is 1. The Kier molecular flexibility index (Phi) is 10.2. The summed E-state index contributed by atoms with van der Waals surface area (Å²) < 4.78 is 48.4. The molecule has 0 aliphatic carbocycles. The maximum atomic E-state index is 14.8. The zero-order valence-electron chi connectivity index (χ0n) is 26.8. The smallest absolute Gasteiger partial charge is 0.210 e. The molecule has 1 aromatic heterocycles. The third-order valence-electron chi connectivity index (χ3n) is 9.98. The van der Waals surface area contributed by atoms with Crippen LogP contribution in [0, 0.1) is 5.82 Å². The van der Waals surface area contributed by atoms with Crippen LogP contribution < -0.4 is 9.64 Å². The molecule has 45 heavy (non-hydrogen) atoms. The summed E-state index contributed by atoms with van der Waals surface area (Å²) in [5, 5.41) is 0.815. The molecule has 0 spiro atoms. The van der Waals surface area contributed by atoms with Crippen molar-refractivity contribution in [2.75, 3.05) is 76.7 Å². The first kappa shape index (κ1) is 32.5. The summed E-state index contributed by atoms with van der Waals surface area (Å²) >= 11 is 1.62. The highest BCUT2D eigenvalue weighted by molar-refractivity contribution is 7.98. The van der Waals surface area contributed by atoms with Gasteiger partial charge >= 0.3 is 0 Å². The number of thioether (sulfide) groups is 1. The Hall–Kier alpha value is -2.44. The van der Waals surface area contributed by atoms with Gasteiger partial charge in [0.2, 0.25) is 9.84 Å². The van der Waals surface area contributed by atoms with Gasteiger partial charge in [-0.3, -0.25) is 14.8 Å². The number of ether oxygens (including phenoxy) is 1. The first-order chi connectivity index (χ1) is 21.8. The topological polar surface area (TPSA) is 69.2 Å². The molecule has 0 unspecified atom stereocenters. The van der Waals surface area contributed by atoms with Crippen LogP contribution in [0.4, 0.5) is 10.1 Å². The molecule has 0 amide bonds. The van der Waals surface area contributed by atoms with Crippen molar-refractivity contribution in [3.05, 3.63) is 48.4 Å². The number of rotatable bonds is 9. The molecule has 0 atom stereocenters. The molecular weight excluding hydrogens is 610 g/mol. The Morgan fingerprint density at radius 1 is 0.889 bits per heavy atom. The normalized spacial score (nSPS) is 20.2. The van der Waals surface area contributed by atoms with Gasteiger partial charge < -0.3 is 14.5 Å². The van der Waals surface area contributed by atoms with Crippen molar-refractivity contribution in [1.29, 1.82) is 0 Å². The third-order valence-corrected chi connectivity index (χ3v) is 12.5. The summed E-state index contributed by atoms with van der Waals surface area (Å²) in [7, 11) is -4.07. The molecule has 0 saturated carbocycles. The van der Waals surface area contributed by atoms with Gasteiger partial charge in [-0.05, 0) is 94.9 Å². The van der Waals surface area contributed by atoms with Gasteiger partial charge in [0, 0.05) is 67.8 Å². The summed E-state index contributed by atoms with van der Waals surface area (Å²) in [6, 6.07) is 11.1. The van der Waals surface area contributed by atoms with Gasteiger partial charge in [-0.2, -0.15) is 0 Å². The standard InChI is InChI=1S/C34H46FN5O3S2/c1-4-37-14-10-25(11-15-37)38-18-20-39(21-19-38)26-12-16-40(17-13-26)34-29-22-27(44-3)6-8-31(29)36-24-33(34)45(41,42)28-7-9-32(43-5-2)30(35)23-28/h6-9,22-26H,4-5,10-21H2,1-3H3. The Labute approximate surface area is 271 Å². The Bertz CT molecular complexity index is 1580. The van der Waals surface area contributed by atoms with Gasteiger partial charge in [0.1, 0.15) is 4.90 Å². The van der Waals surface area contributed by atoms with E-state index in [0.717, 1.165) is 80.5 Å². The van der Waals surface area contributed by atoms with E-state index in [4.69, 9.17) is 4.74 Å². The number of hydrogen-bond acceptors (Lipinski definition) is 9. The SMILES string of the molecule is CCOc1ccc(S(=O)(=O)c2cnc3ccc(SC)cc3c2N2CCC(N3CCN(C4CCN(CC)CC4)CC3)CC2)cc1F. The average Bonchev–Trinajstić information content (AvgIpc) is 3.08. The highest BCUT2D eigenvalue weighted by Gasteiger charge is 2.34. The van der Waals surface area contributed by atoms with Crippen LogP contribution in [0.1, 0.15) is 39.5 Å². The van der Waals surface area contributed by atoms with Crippen LogP contribution in [0.3, 0.4) is 0 Å². The fourth-order valence-electron chi connectivity index (χ4n) is 7.36. The van der Waals surface area contributed by atoms with E-state index in [1.54, 1.807) is 18.7 Å². The van der Waals surface area contributed by atoms with E-state index in [2.05, 4.69) is 31.5 Å². The van der Waals surface area contributed by atoms with Crippen LogP contribution in [0.25, 0.3) is 10.9 Å². The van der Waals surface area contributed by atoms with E-state index in [1.807, 2.05) is 24.5 Å². The van der Waals surface area contributed by atoms with Gasteiger partial charge in [0.25, 0.3) is 0 Å². The van der Waals surface area contributed by atoms with Crippen molar-refractivity contribution in [1.82, 2.24) is 19.7 Å². The minimum atomic E-state index is -4.07. The number of piperidine rings is 2. The summed E-state index contributed by atoms with van der Waals surface area (Å²) in [5.41, 5.74) is 1.43. The van der Waals surface area contributed by atoms with E-state index in [1.165, 1.54) is 44.3 Å². The van der Waals surface area contributed by atoms with E-state index < -0.39 is 15.7 Å². The van der Waals surface area contributed by atoms with E-state index in [0.29, 0.717) is 24.4 Å². The van der Waals surface area contributed by atoms with Crippen molar-refractivity contribution in [3.8, 4) is 5.75 Å². The molecule has 244 valence electrons. The number of halogens is 1. The number of nitrogens with zero attached hydrogens (tertiary/aromatic N) is 5. The van der Waals surface area contributed by atoms with Gasteiger partial charge in [-0.25, -0.2) is 12.8 Å². The molecule has 3 aromatic rings. The van der Waals surface area contributed by atoms with Crippen molar-refractivity contribution in [2.24, 2.45) is 0 Å². The number of likely N-dealkylation sites (tertiary alicyclic amines) is 1. The summed E-state index contributed by atoms with van der Waals surface area (Å²) in [5.74, 6) is -0.645. The molecule has 8 nitrogen and oxygen atoms in total. The van der Waals surface area contributed by atoms with Crippen LogP contribution in [0.5, 0.6) is 5.75 Å². The highest BCUT2D eigenvalue weighted by atomic mass is 32.2. The predicted octanol–water partition coefficient (Wildman–Crippen LogP) is 5.40. The molecule has 2 aromatic carbocycles. The van der Waals surface area contributed by atoms with Gasteiger partial charge in [-0.15, -0.1) is 11.8 Å². The van der Waals surface area contributed by atoms with Crippen molar-refractivity contribution >= 4 is 38.2 Å². The molecule has 3 fully saturated rings. The van der Waals surface area contributed by atoms with Crippen LogP contribution in [0.15, 0.2) is 57.3 Å². The van der Waals surface area contributed by atoms with E-state index in [-0.39, 0.29) is 15.5 Å². The number of pyridine rings is 1. The second-order valence-electron chi connectivity index (χ2n) is 12.3. The van der Waals surface area contributed by atoms with Gasteiger partial charge in [-0.1, -0.05) is 6.92 Å². The lowest BCUT2D eigenvalue weighted by Gasteiger charge is -2.46. The highest BCUT2D eigenvalue weighted by Crippen LogP contribution is 2.39. The quantitative estimate of drug-likeness (QED) is 0.282. The van der Waals surface area contributed by atoms with Gasteiger partial charge in [0.15, 0.2) is 11.6 Å². The molecular formula is C34H46FN5O3S2. The van der Waals surface area contributed by atoms with Gasteiger partial charge in [0.05, 0.1) is 22.7 Å². The average molecular weight is 656 g/mol. The molecule has 4 heterocycles. The Morgan fingerprint density at radius 3 is 2.11 bits per heavy atom. The van der Waals surface area contributed by atoms with E-state index >= 15 is 0 Å². The number of hydrogen-bond donors (Lipinski definition) is 0. The number of sulfone groups is 1. The molecule has 11 heteroatoms. The van der Waals surface area contributed by atoms with Crippen molar-refractivity contribution in [2.45, 2.75) is 66.3 Å². The lowest BCUT2D eigenvalue weighted by atomic mass is 9.99. The monoisotopic (exact) mass is 655 g/mol. The second-order valence-corrected chi connectivity index (χ2v) is 15.1. The van der Waals surface area contributed by atoms with Crippen molar-refractivity contribution < 1.29 is 17.5 Å². The molecule has 0 bridgehead atoms. The minimum Gasteiger partial charge on any atom is -0.491 e. The van der Waals surface area contributed by atoms with E-state index in [9.17, 15) is 12.8 Å². The molecule has 3 saturated heterocycles. The fraction of sp³-hybridized carbons (Fsp3) is 0.559. The van der Waals surface area contributed by atoms with Crippen LogP contribution in [0.2, 0.25) is 0 Å². The molecule has 6 rings (SSSR count). The largest absolute Gasteiger partial charge is 0.491 e. The lowest BCUT2D eigenvalue weighted by molar-refractivity contribution is 0.0384. The third kappa shape index (κ3) is 6.83. The maximum absolute atomic E-state index is 14.8. The first-order valence-corrected chi connectivity index (χ1v) is 19.1. The molecule has 3 aliphatic rings. The summed E-state index contributed by atoms with van der Waals surface area (Å²) in [6.45, 7) is 13.9. The van der Waals surface area contributed by atoms with Crippen LogP contribution in [-0.2, 0) is 9.84 Å². The Morgan fingerprint density at radius 2 is 1.53 bits per heavy atom. The maximum Gasteiger partial charge on any atom is 0.210 e. The van der Waals surface area contributed by atoms with Crippen molar-refractivity contribution in [3.63, 3.8) is 0 Å². The number of aromatic nitrogens is 1. The zero-order valence-corrected chi connectivity index (χ0v) is 28.4. The number of anilines is 1. The fourth-order valence-corrected chi connectivity index (χ4v) is 9.25. The minimum absolute atomic E-state index is 0.0442. The second kappa shape index (κ2) is 14.1. The van der Waals surface area contributed by atoms with Crippen LogP contribution >= 0.6 is 11.8 Å². The number of fused-ring (bicyclic) bond motifs is 1. The molecule has 3 aliphatic heterocycles. The summed E-state index contributed by atoms with van der Waals surface area (Å²) in [4.78, 5) is 15.8. The first-order valence-electron chi connectivity index (χ1n) is 16.4. The molecule has 0 radical (unpaired) electrons.